The van der Waals surface area contributed by atoms with Crippen LogP contribution in [0.1, 0.15) is 6.92 Å². The molecule has 1 atom stereocenters. The number of carboxylic acids is 1. The van der Waals surface area contributed by atoms with Gasteiger partial charge >= 0.3 is 5.97 Å². The minimum atomic E-state index is -1.82. The second-order valence-corrected chi connectivity index (χ2v) is 4.32. The number of rotatable bonds is 4. The lowest BCUT2D eigenvalue weighted by Crippen LogP contribution is -2.39. The molecule has 1 aromatic heterocycles. The van der Waals surface area contributed by atoms with Crippen LogP contribution in [0.3, 0.4) is 0 Å². The average molecular weight is 246 g/mol. The Balaban J connectivity index is 2.32. The second kappa shape index (κ2) is 4.62. The first-order valence-corrected chi connectivity index (χ1v) is 5.53. The summed E-state index contributed by atoms with van der Waals surface area (Å²) in [6.07, 6.45) is 3.24. The Bertz CT molecular complexity index is 546. The summed E-state index contributed by atoms with van der Waals surface area (Å²) in [4.78, 5) is 15.1. The number of aromatic nitrogens is 2. The molecule has 2 N–H and O–H groups in total. The van der Waals surface area contributed by atoms with Crippen molar-refractivity contribution in [2.24, 2.45) is 0 Å². The number of hydrogen-bond acceptors (Lipinski definition) is 3. The van der Waals surface area contributed by atoms with E-state index in [2.05, 4.69) is 4.98 Å². The Morgan fingerprint density at radius 3 is 2.67 bits per heavy atom. The van der Waals surface area contributed by atoms with Crippen LogP contribution in [0.4, 0.5) is 0 Å². The Morgan fingerprint density at radius 1 is 1.39 bits per heavy atom. The van der Waals surface area contributed by atoms with Crippen LogP contribution in [0.5, 0.6) is 0 Å². The van der Waals surface area contributed by atoms with Gasteiger partial charge in [0.05, 0.1) is 6.54 Å². The molecular formula is C13H14N2O3. The molecule has 5 heteroatoms. The molecule has 0 saturated heterocycles. The van der Waals surface area contributed by atoms with Crippen molar-refractivity contribution < 1.29 is 15.0 Å². The molecular weight excluding hydrogens is 232 g/mol. The van der Waals surface area contributed by atoms with E-state index in [9.17, 15) is 9.90 Å². The van der Waals surface area contributed by atoms with Crippen LogP contribution < -0.4 is 0 Å². The van der Waals surface area contributed by atoms with E-state index in [0.717, 1.165) is 5.56 Å². The molecule has 1 aromatic carbocycles. The average Bonchev–Trinajstić information content (AvgIpc) is 2.77. The summed E-state index contributed by atoms with van der Waals surface area (Å²) in [6, 6.07) is 9.42. The molecule has 0 radical (unpaired) electrons. The van der Waals surface area contributed by atoms with Gasteiger partial charge in [0.25, 0.3) is 0 Å². The first-order valence-electron chi connectivity index (χ1n) is 5.53. The fourth-order valence-corrected chi connectivity index (χ4v) is 1.68. The van der Waals surface area contributed by atoms with Crippen LogP contribution in [0.25, 0.3) is 11.4 Å². The van der Waals surface area contributed by atoms with Crippen LogP contribution in [0, 0.1) is 0 Å². The molecule has 0 aliphatic rings. The zero-order chi connectivity index (χ0) is 13.2. The summed E-state index contributed by atoms with van der Waals surface area (Å²) < 4.78 is 1.63. The predicted molar refractivity (Wildman–Crippen MR) is 65.9 cm³/mol. The first kappa shape index (κ1) is 12.3. The summed E-state index contributed by atoms with van der Waals surface area (Å²) in [7, 11) is 0. The molecule has 0 amide bonds. The van der Waals surface area contributed by atoms with Crippen molar-refractivity contribution in [2.45, 2.75) is 19.1 Å². The molecule has 2 rings (SSSR count). The van der Waals surface area contributed by atoms with Crippen molar-refractivity contribution in [3.8, 4) is 11.4 Å². The van der Waals surface area contributed by atoms with Crippen molar-refractivity contribution in [3.05, 3.63) is 42.7 Å². The second-order valence-electron chi connectivity index (χ2n) is 4.32. The van der Waals surface area contributed by atoms with Gasteiger partial charge in [-0.05, 0) is 6.92 Å². The van der Waals surface area contributed by atoms with Crippen molar-refractivity contribution >= 4 is 5.97 Å². The van der Waals surface area contributed by atoms with Gasteiger partial charge in [-0.15, -0.1) is 0 Å². The molecule has 5 nitrogen and oxygen atoms in total. The standard InChI is InChI=1S/C13H14N2O3/c1-13(18,12(16)17)9-15-8-7-14-11(15)10-5-3-2-4-6-10/h2-8,18H,9H2,1H3,(H,16,17). The minimum absolute atomic E-state index is 0.0490. The first-order chi connectivity index (χ1) is 8.50. The molecule has 1 heterocycles. The van der Waals surface area contributed by atoms with E-state index in [-0.39, 0.29) is 6.54 Å². The zero-order valence-corrected chi connectivity index (χ0v) is 9.95. The number of benzene rings is 1. The van der Waals surface area contributed by atoms with E-state index in [1.165, 1.54) is 6.92 Å². The molecule has 0 bridgehead atoms. The van der Waals surface area contributed by atoms with E-state index in [4.69, 9.17) is 5.11 Å². The summed E-state index contributed by atoms with van der Waals surface area (Å²) in [6.45, 7) is 1.22. The van der Waals surface area contributed by atoms with Crippen molar-refractivity contribution in [1.29, 1.82) is 0 Å². The van der Waals surface area contributed by atoms with Crippen molar-refractivity contribution in [2.75, 3.05) is 0 Å². The molecule has 18 heavy (non-hydrogen) atoms. The molecule has 1 unspecified atom stereocenters. The Hall–Kier alpha value is -2.14. The quantitative estimate of drug-likeness (QED) is 0.854. The van der Waals surface area contributed by atoms with Gasteiger partial charge in [0.2, 0.25) is 0 Å². The number of nitrogens with zero attached hydrogens (tertiary/aromatic N) is 2. The monoisotopic (exact) mass is 246 g/mol. The van der Waals surface area contributed by atoms with Gasteiger partial charge in [-0.1, -0.05) is 30.3 Å². The Kier molecular flexibility index (Phi) is 3.16. The highest BCUT2D eigenvalue weighted by molar-refractivity contribution is 5.76. The maximum absolute atomic E-state index is 10.9. The molecule has 0 fully saturated rings. The number of hydrogen-bond donors (Lipinski definition) is 2. The molecule has 0 saturated carbocycles. The van der Waals surface area contributed by atoms with Crippen LogP contribution in [-0.4, -0.2) is 31.3 Å². The third-order valence-corrected chi connectivity index (χ3v) is 2.69. The summed E-state index contributed by atoms with van der Waals surface area (Å²) >= 11 is 0. The highest BCUT2D eigenvalue weighted by atomic mass is 16.4. The van der Waals surface area contributed by atoms with Gasteiger partial charge in [0.1, 0.15) is 5.82 Å². The van der Waals surface area contributed by atoms with Crippen molar-refractivity contribution in [3.63, 3.8) is 0 Å². The van der Waals surface area contributed by atoms with Crippen molar-refractivity contribution in [1.82, 2.24) is 9.55 Å². The minimum Gasteiger partial charge on any atom is -0.479 e. The van der Waals surface area contributed by atoms with E-state index >= 15 is 0 Å². The highest BCUT2D eigenvalue weighted by Gasteiger charge is 2.31. The smallest absolute Gasteiger partial charge is 0.337 e. The van der Waals surface area contributed by atoms with Gasteiger partial charge in [0, 0.05) is 18.0 Å². The fraction of sp³-hybridized carbons (Fsp3) is 0.231. The lowest BCUT2D eigenvalue weighted by Gasteiger charge is -2.19. The fourth-order valence-electron chi connectivity index (χ4n) is 1.68. The number of carbonyl (C=O) groups is 1. The molecule has 2 aromatic rings. The summed E-state index contributed by atoms with van der Waals surface area (Å²) in [5, 5.41) is 18.7. The largest absolute Gasteiger partial charge is 0.479 e. The number of aliphatic carboxylic acids is 1. The lowest BCUT2D eigenvalue weighted by atomic mass is 10.1. The summed E-state index contributed by atoms with van der Waals surface area (Å²) in [5.41, 5.74) is -0.937. The number of aliphatic hydroxyl groups is 1. The topological polar surface area (TPSA) is 75.3 Å². The van der Waals surface area contributed by atoms with Crippen LogP contribution in [0.2, 0.25) is 0 Å². The van der Waals surface area contributed by atoms with Gasteiger partial charge in [-0.3, -0.25) is 0 Å². The van der Waals surface area contributed by atoms with E-state index in [1.807, 2.05) is 30.3 Å². The van der Waals surface area contributed by atoms with E-state index < -0.39 is 11.6 Å². The maximum Gasteiger partial charge on any atom is 0.337 e. The SMILES string of the molecule is CC(O)(Cn1ccnc1-c1ccccc1)C(=O)O. The molecule has 0 spiro atoms. The maximum atomic E-state index is 10.9. The number of carboxylic acid groups (broad SMARTS) is 1. The highest BCUT2D eigenvalue weighted by Crippen LogP contribution is 2.19. The van der Waals surface area contributed by atoms with Crippen LogP contribution >= 0.6 is 0 Å². The van der Waals surface area contributed by atoms with Gasteiger partial charge in [-0.25, -0.2) is 9.78 Å². The normalized spacial score (nSPS) is 14.1. The summed E-state index contributed by atoms with van der Waals surface area (Å²) in [5.74, 6) is -0.618. The Labute approximate surface area is 104 Å². The predicted octanol–water partition coefficient (Wildman–Crippen LogP) is 1.39. The third kappa shape index (κ3) is 2.41. The van der Waals surface area contributed by atoms with E-state index in [1.54, 1.807) is 17.0 Å². The molecule has 94 valence electrons. The van der Waals surface area contributed by atoms with Crippen LogP contribution in [-0.2, 0) is 11.3 Å². The van der Waals surface area contributed by atoms with Crippen LogP contribution in [0.15, 0.2) is 42.7 Å². The lowest BCUT2D eigenvalue weighted by molar-refractivity contribution is -0.157. The third-order valence-electron chi connectivity index (χ3n) is 2.69. The molecule has 0 aliphatic carbocycles. The number of imidazole rings is 1. The van der Waals surface area contributed by atoms with Gasteiger partial charge in [-0.2, -0.15) is 0 Å². The molecule has 0 aliphatic heterocycles. The van der Waals surface area contributed by atoms with Gasteiger partial charge in [0.15, 0.2) is 5.60 Å². The van der Waals surface area contributed by atoms with E-state index in [0.29, 0.717) is 5.82 Å². The Morgan fingerprint density at radius 2 is 2.06 bits per heavy atom. The van der Waals surface area contributed by atoms with Gasteiger partial charge < -0.3 is 14.8 Å². The zero-order valence-electron chi connectivity index (χ0n) is 9.95.